The fourth-order valence-corrected chi connectivity index (χ4v) is 4.21. The van der Waals surface area contributed by atoms with E-state index in [0.717, 1.165) is 12.5 Å². The highest BCUT2D eigenvalue weighted by molar-refractivity contribution is 5.35. The van der Waals surface area contributed by atoms with Gasteiger partial charge in [-0.25, -0.2) is 0 Å². The first kappa shape index (κ1) is 14.1. The Kier molecular flexibility index (Phi) is 4.77. The Hall–Kier alpha value is -0.820. The Morgan fingerprint density at radius 2 is 1.90 bits per heavy atom. The Labute approximate surface area is 124 Å². The lowest BCUT2D eigenvalue weighted by molar-refractivity contribution is 0.390. The van der Waals surface area contributed by atoms with E-state index in [1.165, 1.54) is 57.8 Å². The van der Waals surface area contributed by atoms with Crippen LogP contribution < -0.4 is 5.32 Å². The number of rotatable bonds is 6. The van der Waals surface area contributed by atoms with Crippen LogP contribution in [0.1, 0.15) is 62.1 Å². The minimum absolute atomic E-state index is 0.683. The van der Waals surface area contributed by atoms with E-state index in [1.807, 2.05) is 0 Å². The molecule has 1 saturated carbocycles. The molecule has 1 atom stereocenters. The maximum absolute atomic E-state index is 3.73. The predicted molar refractivity (Wildman–Crippen MR) is 86.2 cm³/mol. The lowest BCUT2D eigenvalue weighted by Crippen LogP contribution is -2.32. The van der Waals surface area contributed by atoms with Crippen molar-refractivity contribution in [3.05, 3.63) is 34.9 Å². The summed E-state index contributed by atoms with van der Waals surface area (Å²) in [7, 11) is 0. The van der Waals surface area contributed by atoms with Crippen molar-refractivity contribution in [1.29, 1.82) is 0 Å². The molecule has 110 valence electrons. The molecule has 1 heteroatoms. The molecule has 0 aromatic heterocycles. The summed E-state index contributed by atoms with van der Waals surface area (Å²) in [6.45, 7) is 3.34. The van der Waals surface area contributed by atoms with Crippen molar-refractivity contribution in [2.75, 3.05) is 6.54 Å². The Bertz CT molecular complexity index is 431. The van der Waals surface area contributed by atoms with Gasteiger partial charge in [0.05, 0.1) is 0 Å². The first-order chi connectivity index (χ1) is 9.85. The van der Waals surface area contributed by atoms with Crippen LogP contribution in [-0.4, -0.2) is 12.6 Å². The smallest absolute Gasteiger partial charge is 0.0110 e. The third-order valence-electron chi connectivity index (χ3n) is 5.23. The van der Waals surface area contributed by atoms with Crippen LogP contribution in [0.2, 0.25) is 0 Å². The van der Waals surface area contributed by atoms with Gasteiger partial charge in [-0.3, -0.25) is 0 Å². The molecule has 0 spiro atoms. The zero-order chi connectivity index (χ0) is 13.8. The van der Waals surface area contributed by atoms with E-state index in [4.69, 9.17) is 0 Å². The molecule has 1 N–H and O–H groups in total. The van der Waals surface area contributed by atoms with Crippen molar-refractivity contribution >= 4 is 0 Å². The molecule has 0 saturated heterocycles. The van der Waals surface area contributed by atoms with Gasteiger partial charge in [-0.1, -0.05) is 50.8 Å². The van der Waals surface area contributed by atoms with Gasteiger partial charge in [0, 0.05) is 6.04 Å². The quantitative estimate of drug-likeness (QED) is 0.814. The normalized spacial score (nSPS) is 20.2. The van der Waals surface area contributed by atoms with Crippen LogP contribution in [-0.2, 0) is 19.3 Å². The van der Waals surface area contributed by atoms with Crippen LogP contribution in [0.5, 0.6) is 0 Å². The van der Waals surface area contributed by atoms with Crippen molar-refractivity contribution in [1.82, 2.24) is 5.32 Å². The van der Waals surface area contributed by atoms with Crippen LogP contribution in [0.25, 0.3) is 0 Å². The van der Waals surface area contributed by atoms with Crippen LogP contribution in [0.3, 0.4) is 0 Å². The first-order valence-corrected chi connectivity index (χ1v) is 8.69. The van der Waals surface area contributed by atoms with E-state index in [9.17, 15) is 0 Å². The summed E-state index contributed by atoms with van der Waals surface area (Å²) in [6.07, 6.45) is 12.4. The van der Waals surface area contributed by atoms with Crippen LogP contribution >= 0.6 is 0 Å². The van der Waals surface area contributed by atoms with Crippen LogP contribution in [0, 0.1) is 5.92 Å². The van der Waals surface area contributed by atoms with Gasteiger partial charge in [0.25, 0.3) is 0 Å². The van der Waals surface area contributed by atoms with Crippen LogP contribution in [0.15, 0.2) is 18.2 Å². The van der Waals surface area contributed by atoms with Gasteiger partial charge >= 0.3 is 0 Å². The molecular weight excluding hydrogens is 242 g/mol. The predicted octanol–water partition coefficient (Wildman–Crippen LogP) is 4.28. The van der Waals surface area contributed by atoms with Gasteiger partial charge in [-0.05, 0) is 61.3 Å². The molecular formula is C19H29N. The Morgan fingerprint density at radius 3 is 2.70 bits per heavy atom. The monoisotopic (exact) mass is 271 g/mol. The minimum Gasteiger partial charge on any atom is -0.314 e. The number of likely N-dealkylation sites (N-methyl/N-ethyl adjacent to an activating group) is 1. The van der Waals surface area contributed by atoms with Crippen LogP contribution in [0.4, 0.5) is 0 Å². The molecule has 0 bridgehead atoms. The van der Waals surface area contributed by atoms with Crippen molar-refractivity contribution in [3.63, 3.8) is 0 Å². The molecule has 0 heterocycles. The molecule has 0 radical (unpaired) electrons. The lowest BCUT2D eigenvalue weighted by Gasteiger charge is -2.22. The van der Waals surface area contributed by atoms with E-state index in [0.29, 0.717) is 6.04 Å². The molecule has 1 nitrogen and oxygen atoms in total. The zero-order valence-corrected chi connectivity index (χ0v) is 13.0. The summed E-state index contributed by atoms with van der Waals surface area (Å²) in [6, 6.07) is 7.93. The maximum atomic E-state index is 3.73. The molecule has 0 aliphatic heterocycles. The lowest BCUT2D eigenvalue weighted by atomic mass is 9.93. The average Bonchev–Trinajstić information content (AvgIpc) is 3.09. The molecule has 2 aliphatic carbocycles. The fourth-order valence-electron chi connectivity index (χ4n) is 4.21. The summed E-state index contributed by atoms with van der Waals surface area (Å²) in [5.41, 5.74) is 4.78. The highest BCUT2D eigenvalue weighted by Crippen LogP contribution is 2.30. The summed E-state index contributed by atoms with van der Waals surface area (Å²) in [5.74, 6) is 0.980. The SMILES string of the molecule is CCNC(Cc1ccc2c(c1)CCC2)CC1CCCC1. The van der Waals surface area contributed by atoms with Crippen molar-refractivity contribution < 1.29 is 0 Å². The molecule has 3 rings (SSSR count). The van der Waals surface area contributed by atoms with Gasteiger partial charge in [-0.2, -0.15) is 0 Å². The molecule has 1 unspecified atom stereocenters. The summed E-state index contributed by atoms with van der Waals surface area (Å²) < 4.78 is 0. The second kappa shape index (κ2) is 6.76. The van der Waals surface area contributed by atoms with Gasteiger partial charge < -0.3 is 5.32 Å². The highest BCUT2D eigenvalue weighted by Gasteiger charge is 2.20. The first-order valence-electron chi connectivity index (χ1n) is 8.69. The molecule has 2 aliphatic rings. The van der Waals surface area contributed by atoms with Gasteiger partial charge in [-0.15, -0.1) is 0 Å². The Morgan fingerprint density at radius 1 is 1.10 bits per heavy atom. The molecule has 1 aromatic carbocycles. The summed E-state index contributed by atoms with van der Waals surface area (Å²) >= 11 is 0. The number of nitrogens with one attached hydrogen (secondary N) is 1. The standard InChI is InChI=1S/C19H29N/c1-2-20-19(13-15-6-3-4-7-15)14-16-10-11-17-8-5-9-18(17)12-16/h10-12,15,19-20H,2-9,13-14H2,1H3. The second-order valence-corrected chi connectivity index (χ2v) is 6.80. The topological polar surface area (TPSA) is 12.0 Å². The van der Waals surface area contributed by atoms with Crippen molar-refractivity contribution in [2.24, 2.45) is 5.92 Å². The van der Waals surface area contributed by atoms with E-state index in [-0.39, 0.29) is 0 Å². The van der Waals surface area contributed by atoms with Crippen molar-refractivity contribution in [2.45, 2.75) is 70.8 Å². The number of hydrogen-bond donors (Lipinski definition) is 1. The highest BCUT2D eigenvalue weighted by atomic mass is 14.9. The van der Waals surface area contributed by atoms with E-state index in [2.05, 4.69) is 30.4 Å². The number of fused-ring (bicyclic) bond motifs is 1. The van der Waals surface area contributed by atoms with Crippen molar-refractivity contribution in [3.8, 4) is 0 Å². The Balaban J connectivity index is 1.62. The van der Waals surface area contributed by atoms with E-state index < -0.39 is 0 Å². The minimum atomic E-state index is 0.683. The summed E-state index contributed by atoms with van der Waals surface area (Å²) in [4.78, 5) is 0. The third kappa shape index (κ3) is 3.44. The molecule has 1 fully saturated rings. The largest absolute Gasteiger partial charge is 0.314 e. The van der Waals surface area contributed by atoms with Gasteiger partial charge in [0.15, 0.2) is 0 Å². The number of aryl methyl sites for hydroxylation is 2. The number of benzene rings is 1. The number of hydrogen-bond acceptors (Lipinski definition) is 1. The third-order valence-corrected chi connectivity index (χ3v) is 5.23. The molecule has 1 aromatic rings. The molecule has 0 amide bonds. The fraction of sp³-hybridized carbons (Fsp3) is 0.684. The van der Waals surface area contributed by atoms with Gasteiger partial charge in [0.2, 0.25) is 0 Å². The molecule has 20 heavy (non-hydrogen) atoms. The van der Waals surface area contributed by atoms with Gasteiger partial charge in [0.1, 0.15) is 0 Å². The zero-order valence-electron chi connectivity index (χ0n) is 13.0. The van der Waals surface area contributed by atoms with E-state index in [1.54, 1.807) is 16.7 Å². The summed E-state index contributed by atoms with van der Waals surface area (Å²) in [5, 5.41) is 3.73. The maximum Gasteiger partial charge on any atom is 0.0110 e. The van der Waals surface area contributed by atoms with E-state index >= 15 is 0 Å². The second-order valence-electron chi connectivity index (χ2n) is 6.80. The average molecular weight is 271 g/mol.